The molecule has 0 aromatic heterocycles. The van der Waals surface area contributed by atoms with Crippen LogP contribution >= 0.6 is 0 Å². The Morgan fingerprint density at radius 1 is 1.24 bits per heavy atom. The standard InChI is InChI=1S/C16H21NO4/c18-15(19)14(13-8-4-5-9-13)10-17-16(20)21-11-12-6-2-1-3-7-12/h1-3,6-7,13-14H,4-5,8-11H2,(H,17,20)(H,18,19)/t14-/m1/s1. The molecule has 5 heteroatoms. The predicted octanol–water partition coefficient (Wildman–Crippen LogP) is 2.80. The minimum absolute atomic E-state index is 0.133. The van der Waals surface area contributed by atoms with E-state index in [0.717, 1.165) is 31.2 Å². The lowest BCUT2D eigenvalue weighted by Crippen LogP contribution is -2.36. The molecular formula is C16H21NO4. The van der Waals surface area contributed by atoms with E-state index in [0.29, 0.717) is 0 Å². The van der Waals surface area contributed by atoms with Crippen molar-refractivity contribution in [3.05, 3.63) is 35.9 Å². The number of carboxylic acids is 1. The summed E-state index contributed by atoms with van der Waals surface area (Å²) in [5.74, 6) is -1.20. The van der Waals surface area contributed by atoms with E-state index in [4.69, 9.17) is 4.74 Å². The lowest BCUT2D eigenvalue weighted by Gasteiger charge is -2.19. The second-order valence-electron chi connectivity index (χ2n) is 5.43. The normalized spacial score (nSPS) is 16.4. The van der Waals surface area contributed by atoms with Gasteiger partial charge in [-0.1, -0.05) is 43.2 Å². The van der Waals surface area contributed by atoms with Crippen molar-refractivity contribution in [3.8, 4) is 0 Å². The lowest BCUT2D eigenvalue weighted by molar-refractivity contribution is -0.143. The Morgan fingerprint density at radius 2 is 1.90 bits per heavy atom. The zero-order chi connectivity index (χ0) is 15.1. The largest absolute Gasteiger partial charge is 0.481 e. The van der Waals surface area contributed by atoms with Crippen molar-refractivity contribution in [2.24, 2.45) is 11.8 Å². The zero-order valence-corrected chi connectivity index (χ0v) is 12.0. The summed E-state index contributed by atoms with van der Waals surface area (Å²) in [6.45, 7) is 0.321. The van der Waals surface area contributed by atoms with E-state index >= 15 is 0 Å². The number of ether oxygens (including phenoxy) is 1. The summed E-state index contributed by atoms with van der Waals surface area (Å²) in [6.07, 6.45) is 3.44. The molecule has 0 aliphatic heterocycles. The molecule has 1 atom stereocenters. The topological polar surface area (TPSA) is 75.6 Å². The van der Waals surface area contributed by atoms with Crippen LogP contribution < -0.4 is 5.32 Å². The molecule has 0 spiro atoms. The Bertz CT molecular complexity index is 468. The van der Waals surface area contributed by atoms with Crippen molar-refractivity contribution in [1.82, 2.24) is 5.32 Å². The fraction of sp³-hybridized carbons (Fsp3) is 0.500. The van der Waals surface area contributed by atoms with Crippen LogP contribution in [0.4, 0.5) is 4.79 Å². The van der Waals surface area contributed by atoms with Gasteiger partial charge in [0, 0.05) is 6.54 Å². The minimum atomic E-state index is -0.842. The van der Waals surface area contributed by atoms with Gasteiger partial charge >= 0.3 is 12.1 Å². The molecule has 21 heavy (non-hydrogen) atoms. The summed E-state index contributed by atoms with van der Waals surface area (Å²) >= 11 is 0. The van der Waals surface area contributed by atoms with Crippen molar-refractivity contribution < 1.29 is 19.4 Å². The number of aliphatic carboxylic acids is 1. The first kappa shape index (κ1) is 15.4. The highest BCUT2D eigenvalue weighted by Gasteiger charge is 2.30. The highest BCUT2D eigenvalue weighted by molar-refractivity contribution is 5.72. The van der Waals surface area contributed by atoms with Gasteiger partial charge in [-0.05, 0) is 24.3 Å². The Balaban J connectivity index is 1.75. The molecule has 0 unspecified atom stereocenters. The van der Waals surface area contributed by atoms with Gasteiger partial charge in [0.1, 0.15) is 6.61 Å². The summed E-state index contributed by atoms with van der Waals surface area (Å²) in [7, 11) is 0. The number of nitrogens with one attached hydrogen (secondary N) is 1. The summed E-state index contributed by atoms with van der Waals surface area (Å²) in [4.78, 5) is 22.9. The first-order valence-corrected chi connectivity index (χ1v) is 7.34. The van der Waals surface area contributed by atoms with Crippen molar-refractivity contribution in [3.63, 3.8) is 0 Å². The summed E-state index contributed by atoms with van der Waals surface area (Å²) < 4.78 is 5.08. The minimum Gasteiger partial charge on any atom is -0.481 e. The maximum Gasteiger partial charge on any atom is 0.407 e. The van der Waals surface area contributed by atoms with Crippen LogP contribution in [0.1, 0.15) is 31.2 Å². The Hall–Kier alpha value is -2.04. The van der Waals surface area contributed by atoms with Gasteiger partial charge in [-0.3, -0.25) is 4.79 Å². The molecule has 1 saturated carbocycles. The Labute approximate surface area is 124 Å². The van der Waals surface area contributed by atoms with E-state index in [-0.39, 0.29) is 19.1 Å². The van der Waals surface area contributed by atoms with Crippen LogP contribution in [0.3, 0.4) is 0 Å². The summed E-state index contributed by atoms with van der Waals surface area (Å²) in [5, 5.41) is 11.8. The molecule has 114 valence electrons. The second kappa shape index (κ2) is 7.67. The van der Waals surface area contributed by atoms with Gasteiger partial charge in [0.15, 0.2) is 0 Å². The molecule has 2 rings (SSSR count). The molecule has 0 heterocycles. The van der Waals surface area contributed by atoms with E-state index < -0.39 is 18.0 Å². The molecule has 1 fully saturated rings. The summed E-state index contributed by atoms with van der Waals surface area (Å²) in [6, 6.07) is 9.37. The van der Waals surface area contributed by atoms with Gasteiger partial charge in [-0.25, -0.2) is 4.79 Å². The number of hydrogen-bond acceptors (Lipinski definition) is 3. The van der Waals surface area contributed by atoms with Crippen LogP contribution in [-0.4, -0.2) is 23.7 Å². The third-order valence-electron chi connectivity index (χ3n) is 3.97. The number of benzene rings is 1. The van der Waals surface area contributed by atoms with E-state index in [1.165, 1.54) is 0 Å². The number of carbonyl (C=O) groups is 2. The van der Waals surface area contributed by atoms with Crippen molar-refractivity contribution >= 4 is 12.1 Å². The number of amides is 1. The molecule has 1 aliphatic rings. The second-order valence-corrected chi connectivity index (χ2v) is 5.43. The molecule has 1 aromatic rings. The van der Waals surface area contributed by atoms with Crippen LogP contribution in [0, 0.1) is 11.8 Å². The SMILES string of the molecule is O=C(NC[C@@H](C(=O)O)C1CCCC1)OCc1ccccc1. The van der Waals surface area contributed by atoms with E-state index in [1.807, 2.05) is 30.3 Å². The fourth-order valence-electron chi connectivity index (χ4n) is 2.78. The summed E-state index contributed by atoms with van der Waals surface area (Å²) in [5.41, 5.74) is 0.901. The van der Waals surface area contributed by atoms with Gasteiger partial charge in [0.25, 0.3) is 0 Å². The molecule has 1 aromatic carbocycles. The molecule has 5 nitrogen and oxygen atoms in total. The monoisotopic (exact) mass is 291 g/mol. The third kappa shape index (κ3) is 4.77. The molecule has 1 aliphatic carbocycles. The fourth-order valence-corrected chi connectivity index (χ4v) is 2.78. The van der Waals surface area contributed by atoms with Gasteiger partial charge < -0.3 is 15.2 Å². The van der Waals surface area contributed by atoms with Crippen molar-refractivity contribution in [1.29, 1.82) is 0 Å². The predicted molar refractivity (Wildman–Crippen MR) is 77.7 cm³/mol. The first-order valence-electron chi connectivity index (χ1n) is 7.34. The van der Waals surface area contributed by atoms with Crippen LogP contribution in [-0.2, 0) is 16.1 Å². The van der Waals surface area contributed by atoms with Gasteiger partial charge in [0.05, 0.1) is 5.92 Å². The quantitative estimate of drug-likeness (QED) is 0.845. The van der Waals surface area contributed by atoms with Crippen LogP contribution in [0.15, 0.2) is 30.3 Å². The van der Waals surface area contributed by atoms with Gasteiger partial charge in [-0.15, -0.1) is 0 Å². The molecule has 2 N–H and O–H groups in total. The first-order chi connectivity index (χ1) is 10.2. The molecule has 0 bridgehead atoms. The molecule has 0 saturated heterocycles. The van der Waals surface area contributed by atoms with Gasteiger partial charge in [-0.2, -0.15) is 0 Å². The molecular weight excluding hydrogens is 270 g/mol. The zero-order valence-electron chi connectivity index (χ0n) is 12.0. The highest BCUT2D eigenvalue weighted by Crippen LogP contribution is 2.31. The lowest BCUT2D eigenvalue weighted by atomic mass is 9.91. The highest BCUT2D eigenvalue weighted by atomic mass is 16.5. The number of carbonyl (C=O) groups excluding carboxylic acids is 1. The van der Waals surface area contributed by atoms with Crippen LogP contribution in [0.2, 0.25) is 0 Å². The average Bonchev–Trinajstić information content (AvgIpc) is 3.00. The number of rotatable bonds is 6. The molecule has 0 radical (unpaired) electrons. The maximum atomic E-state index is 11.6. The Kier molecular flexibility index (Phi) is 5.60. The maximum absolute atomic E-state index is 11.6. The van der Waals surface area contributed by atoms with Crippen LogP contribution in [0.25, 0.3) is 0 Å². The number of carboxylic acid groups (broad SMARTS) is 1. The van der Waals surface area contributed by atoms with Gasteiger partial charge in [0.2, 0.25) is 0 Å². The Morgan fingerprint density at radius 3 is 2.52 bits per heavy atom. The third-order valence-corrected chi connectivity index (χ3v) is 3.97. The average molecular weight is 291 g/mol. The number of hydrogen-bond donors (Lipinski definition) is 2. The number of alkyl carbamates (subject to hydrolysis) is 1. The van der Waals surface area contributed by atoms with Crippen molar-refractivity contribution in [2.45, 2.75) is 32.3 Å². The van der Waals surface area contributed by atoms with Crippen LogP contribution in [0.5, 0.6) is 0 Å². The smallest absolute Gasteiger partial charge is 0.407 e. The van der Waals surface area contributed by atoms with E-state index in [2.05, 4.69) is 5.32 Å². The molecule has 1 amide bonds. The van der Waals surface area contributed by atoms with E-state index in [9.17, 15) is 14.7 Å². The van der Waals surface area contributed by atoms with E-state index in [1.54, 1.807) is 0 Å². The van der Waals surface area contributed by atoms with Crippen molar-refractivity contribution in [2.75, 3.05) is 6.54 Å².